The molecule has 18 heteroatoms. The summed E-state index contributed by atoms with van der Waals surface area (Å²) in [6.07, 6.45) is 16.8. The van der Waals surface area contributed by atoms with Crippen molar-refractivity contribution in [2.75, 3.05) is 64.2 Å². The van der Waals surface area contributed by atoms with E-state index in [1.165, 1.54) is 0 Å². The number of carbonyl (C=O) groups excluding carboxylic acids is 6. The summed E-state index contributed by atoms with van der Waals surface area (Å²) in [5.74, 6) is 2.68. The number of rotatable bonds is 14. The van der Waals surface area contributed by atoms with E-state index in [1.54, 1.807) is 62.8 Å². The molecular weight excluding hydrogens is 1020 g/mol. The fraction of sp³-hybridized carbons (Fsp3) is 0.419. The van der Waals surface area contributed by atoms with Crippen LogP contribution in [0.4, 0.5) is 22.7 Å². The summed E-state index contributed by atoms with van der Waals surface area (Å²) in [5.41, 5.74) is 9.01. The smallest absolute Gasteiger partial charge is 0.256 e. The number of piperidine rings is 4. The molecule has 80 heavy (non-hydrogen) atoms. The third-order valence-electron chi connectivity index (χ3n) is 17.9. The number of allylic oxidation sites excluding steroid dienone is 4. The zero-order chi connectivity index (χ0) is 54.9. The molecule has 6 fully saturated rings. The molecule has 4 saturated heterocycles. The molecule has 6 heterocycles. The number of hydrogen-bond donors (Lipinski definition) is 4. The van der Waals surface area contributed by atoms with Crippen LogP contribution in [0.1, 0.15) is 130 Å². The van der Waals surface area contributed by atoms with Crippen LogP contribution in [-0.4, -0.2) is 123 Å². The molecule has 2 spiro atoms. The van der Waals surface area contributed by atoms with E-state index >= 15 is 0 Å². The number of carbonyl (C=O) groups is 6. The second-order valence-corrected chi connectivity index (χ2v) is 22.6. The highest BCUT2D eigenvalue weighted by atomic mass is 16.5. The first kappa shape index (κ1) is 51.2. The second kappa shape index (κ2) is 20.4. The Balaban J connectivity index is 0.000000151. The Morgan fingerprint density at radius 2 is 1.09 bits per heavy atom. The molecule has 10 aliphatic rings. The SMILES string of the molecule is COc1cc2c(cc1OCCCC(=O)Nc1ccc3c(c1)C(=O)C=C1NCC4CC134)N=C[C@H]1CCCCN1C2=O.COc1cc2c(cc1OCCCC(=O)Nc1ccc3c(c1)C14CC1CNC4=CC3=O)N=C[C@@H]1CCCCN1C2=O. The Kier molecular flexibility index (Phi) is 13.1. The molecule has 4 aromatic rings. The molecule has 0 bridgehead atoms. The monoisotopic (exact) mass is 1080 g/mol. The van der Waals surface area contributed by atoms with Crippen LogP contribution >= 0.6 is 0 Å². The number of methoxy groups -OCH3 is 2. The molecule has 6 atom stereocenters. The molecule has 4 aliphatic carbocycles. The van der Waals surface area contributed by atoms with E-state index in [0.29, 0.717) is 100 Å². The van der Waals surface area contributed by atoms with Crippen LogP contribution < -0.4 is 40.2 Å². The molecule has 4 unspecified atom stereocenters. The molecule has 18 nitrogen and oxygen atoms in total. The quantitative estimate of drug-likeness (QED) is 0.0877. The molecule has 0 radical (unpaired) electrons. The Labute approximate surface area is 463 Å². The van der Waals surface area contributed by atoms with Gasteiger partial charge in [0.25, 0.3) is 11.8 Å². The van der Waals surface area contributed by atoms with E-state index in [4.69, 9.17) is 18.9 Å². The lowest BCUT2D eigenvalue weighted by Crippen LogP contribution is -2.43. The molecule has 6 aliphatic heterocycles. The van der Waals surface area contributed by atoms with Crippen LogP contribution in [0, 0.1) is 11.8 Å². The maximum absolute atomic E-state index is 13.2. The van der Waals surface area contributed by atoms with E-state index in [1.807, 2.05) is 46.5 Å². The number of benzene rings is 4. The van der Waals surface area contributed by atoms with Crippen molar-refractivity contribution in [1.29, 1.82) is 0 Å². The number of nitrogens with zero attached hydrogens (tertiary/aromatic N) is 4. The van der Waals surface area contributed by atoms with Crippen molar-refractivity contribution in [3.05, 3.63) is 118 Å². The molecule has 0 aromatic heterocycles. The fourth-order valence-corrected chi connectivity index (χ4v) is 13.6. The van der Waals surface area contributed by atoms with E-state index in [9.17, 15) is 28.8 Å². The van der Waals surface area contributed by atoms with E-state index < -0.39 is 0 Å². The summed E-state index contributed by atoms with van der Waals surface area (Å²) in [4.78, 5) is 90.1. The van der Waals surface area contributed by atoms with Crippen molar-refractivity contribution < 1.29 is 47.7 Å². The maximum Gasteiger partial charge on any atom is 0.256 e. The predicted molar refractivity (Wildman–Crippen MR) is 300 cm³/mol. The minimum Gasteiger partial charge on any atom is -0.493 e. The number of aliphatic imine (C=N–C) groups is 2. The molecule has 4 aromatic carbocycles. The second-order valence-electron chi connectivity index (χ2n) is 22.6. The highest BCUT2D eigenvalue weighted by molar-refractivity contribution is 6.11. The van der Waals surface area contributed by atoms with Crippen molar-refractivity contribution in [3.63, 3.8) is 0 Å². The lowest BCUT2D eigenvalue weighted by atomic mass is 9.81. The van der Waals surface area contributed by atoms with E-state index in [0.717, 1.165) is 106 Å². The Bertz CT molecular complexity index is 3440. The van der Waals surface area contributed by atoms with Crippen LogP contribution in [-0.2, 0) is 20.4 Å². The minimum absolute atomic E-state index is 0.0168. The minimum atomic E-state index is -0.145. The van der Waals surface area contributed by atoms with Crippen molar-refractivity contribution in [2.45, 2.75) is 100.0 Å². The number of fused-ring (bicyclic) bond motifs is 6. The van der Waals surface area contributed by atoms with Gasteiger partial charge in [-0.3, -0.25) is 38.8 Å². The van der Waals surface area contributed by atoms with Gasteiger partial charge < -0.3 is 50.0 Å². The number of ether oxygens (including phenoxy) is 4. The van der Waals surface area contributed by atoms with Gasteiger partial charge in [-0.25, -0.2) is 0 Å². The third-order valence-corrected chi connectivity index (χ3v) is 17.9. The van der Waals surface area contributed by atoms with Crippen molar-refractivity contribution >= 4 is 70.4 Å². The van der Waals surface area contributed by atoms with Crippen LogP contribution in [0.15, 0.2) is 94.2 Å². The fourth-order valence-electron chi connectivity index (χ4n) is 13.6. The van der Waals surface area contributed by atoms with Gasteiger partial charge in [0.1, 0.15) is 0 Å². The zero-order valence-corrected chi connectivity index (χ0v) is 45.0. The summed E-state index contributed by atoms with van der Waals surface area (Å²) in [7, 11) is 3.09. The van der Waals surface area contributed by atoms with Gasteiger partial charge >= 0.3 is 0 Å². The Morgan fingerprint density at radius 3 is 1.61 bits per heavy atom. The highest BCUT2D eigenvalue weighted by Crippen LogP contribution is 2.65. The first-order valence-corrected chi connectivity index (χ1v) is 28.2. The number of anilines is 2. The summed E-state index contributed by atoms with van der Waals surface area (Å²) in [6.45, 7) is 3.88. The third kappa shape index (κ3) is 8.96. The lowest BCUT2D eigenvalue weighted by Gasteiger charge is -2.32. The summed E-state index contributed by atoms with van der Waals surface area (Å²) in [6, 6.07) is 18.2. The van der Waals surface area contributed by atoms with Gasteiger partial charge in [-0.05, 0) is 130 Å². The van der Waals surface area contributed by atoms with Gasteiger partial charge in [0.15, 0.2) is 34.6 Å². The standard InChI is InChI=1S/2C31H32N4O5/c1-39-26-12-22-24(32-17-20-5-2-3-9-35(20)30(22)38)13-27(26)40-10-4-6-29(37)34-19-7-8-23-21(11-19)25(36)14-28-31(23)15-18(31)16-33-28;1-39-26-12-22-24(32-17-20-5-2-3-9-35(20)30(22)38)13-27(26)40-10-4-6-29(37)34-19-7-8-21-23(11-19)31-15-18(31)16-33-28(31)14-25(21)36/h2*7-8,11-14,17-18,20,33H,2-6,9-10,15-16H2,1H3,(H,34,37)/t2*18?,20-,31?/m10/s1. The maximum atomic E-state index is 13.2. The molecule has 412 valence electrons. The first-order valence-electron chi connectivity index (χ1n) is 28.2. The van der Waals surface area contributed by atoms with Crippen molar-refractivity contribution in [3.8, 4) is 23.0 Å². The van der Waals surface area contributed by atoms with Gasteiger partial charge in [-0.15, -0.1) is 0 Å². The van der Waals surface area contributed by atoms with Gasteiger partial charge in [0.2, 0.25) is 11.8 Å². The number of ketones is 2. The predicted octanol–water partition coefficient (Wildman–Crippen LogP) is 8.29. The highest BCUT2D eigenvalue weighted by Gasteiger charge is 2.65. The van der Waals surface area contributed by atoms with Crippen LogP contribution in [0.3, 0.4) is 0 Å². The van der Waals surface area contributed by atoms with Gasteiger partial charge in [-0.2, -0.15) is 0 Å². The lowest BCUT2D eigenvalue weighted by molar-refractivity contribution is -0.117. The van der Waals surface area contributed by atoms with Crippen LogP contribution in [0.5, 0.6) is 23.0 Å². The average molecular weight is 1080 g/mol. The van der Waals surface area contributed by atoms with Gasteiger partial charge in [0.05, 0.1) is 62.0 Å². The summed E-state index contributed by atoms with van der Waals surface area (Å²) < 4.78 is 23.0. The zero-order valence-electron chi connectivity index (χ0n) is 45.0. The van der Waals surface area contributed by atoms with Crippen LogP contribution in [0.25, 0.3) is 0 Å². The summed E-state index contributed by atoms with van der Waals surface area (Å²) in [5, 5.41) is 12.7. The first-order chi connectivity index (χ1) is 38.9. The van der Waals surface area contributed by atoms with Gasteiger partial charge in [0, 0.05) is 120 Å². The molecular formula is C62H64N8O10. The Morgan fingerprint density at radius 1 is 0.588 bits per heavy atom. The molecule has 4 N–H and O–H groups in total. The topological polar surface area (TPSA) is 219 Å². The number of hydrogen-bond acceptors (Lipinski definition) is 14. The molecule has 4 amide bonds. The summed E-state index contributed by atoms with van der Waals surface area (Å²) >= 11 is 0. The van der Waals surface area contributed by atoms with Crippen LogP contribution in [0.2, 0.25) is 0 Å². The van der Waals surface area contributed by atoms with Gasteiger partial charge in [-0.1, -0.05) is 6.07 Å². The van der Waals surface area contributed by atoms with Crippen molar-refractivity contribution in [2.24, 2.45) is 21.8 Å². The molecule has 14 rings (SSSR count). The number of nitrogens with one attached hydrogen (secondary N) is 4. The normalized spacial score (nSPS) is 25.3. The Hall–Kier alpha value is -8.28. The number of amides is 4. The van der Waals surface area contributed by atoms with E-state index in [-0.39, 0.29) is 71.0 Å². The average Bonchev–Trinajstić information content (AvgIpc) is 4.05. The van der Waals surface area contributed by atoms with Crippen molar-refractivity contribution in [1.82, 2.24) is 20.4 Å². The molecule has 2 saturated carbocycles. The largest absolute Gasteiger partial charge is 0.493 e. The van der Waals surface area contributed by atoms with E-state index in [2.05, 4.69) is 31.3 Å².